The number of nitrogens with zero attached hydrogens (tertiary/aromatic N) is 1. The molecule has 1 heterocycles. The van der Waals surface area contributed by atoms with Crippen molar-refractivity contribution < 1.29 is 14.1 Å². The van der Waals surface area contributed by atoms with Crippen LogP contribution in [0, 0.1) is 11.7 Å². The largest absolute Gasteiger partial charge is 0.331 e. The van der Waals surface area contributed by atoms with E-state index in [-0.39, 0.29) is 17.6 Å². The van der Waals surface area contributed by atoms with Gasteiger partial charge < -0.3 is 4.90 Å². The van der Waals surface area contributed by atoms with Gasteiger partial charge in [-0.1, -0.05) is 46.3 Å². The van der Waals surface area contributed by atoms with E-state index in [2.05, 4.69) is 50.7 Å². The van der Waals surface area contributed by atoms with Gasteiger partial charge in [0.15, 0.2) is 0 Å². The number of halogens is 2. The quantitative estimate of drug-likeness (QED) is 0.568. The molecule has 1 fully saturated rings. The van der Waals surface area contributed by atoms with Crippen LogP contribution in [0.4, 0.5) is 4.39 Å². The second kappa shape index (κ2) is 9.05. The number of carbonyl (C=O) groups excluding carboxylic acids is 1. The second-order valence-electron chi connectivity index (χ2n) is 6.58. The van der Waals surface area contributed by atoms with Crippen LogP contribution >= 0.6 is 15.9 Å². The van der Waals surface area contributed by atoms with Crippen molar-refractivity contribution >= 4 is 28.1 Å². The molecule has 0 unspecified atom stereocenters. The van der Waals surface area contributed by atoms with Gasteiger partial charge in [0.1, 0.15) is 12.4 Å². The number of quaternary nitrogens is 1. The number of hydrazone groups is 1. The van der Waals surface area contributed by atoms with E-state index in [0.717, 1.165) is 36.9 Å². The van der Waals surface area contributed by atoms with Gasteiger partial charge in [-0.3, -0.25) is 4.79 Å². The van der Waals surface area contributed by atoms with Crippen LogP contribution in [0.2, 0.25) is 0 Å². The number of hydrogen-bond donors (Lipinski definition) is 2. The van der Waals surface area contributed by atoms with Crippen LogP contribution in [-0.4, -0.2) is 25.2 Å². The van der Waals surface area contributed by atoms with Crippen molar-refractivity contribution in [1.82, 2.24) is 5.43 Å². The summed E-state index contributed by atoms with van der Waals surface area (Å²) >= 11 is 3.45. The minimum atomic E-state index is -0.352. The number of hydrogen-bond acceptors (Lipinski definition) is 2. The molecule has 2 N–H and O–H groups in total. The summed E-state index contributed by atoms with van der Waals surface area (Å²) in [4.78, 5) is 13.7. The molecular formula is C20H22BrFN3O+. The molecule has 26 heavy (non-hydrogen) atoms. The lowest BCUT2D eigenvalue weighted by Crippen LogP contribution is -3.11. The number of amides is 1. The van der Waals surface area contributed by atoms with E-state index in [1.807, 2.05) is 0 Å². The van der Waals surface area contributed by atoms with E-state index >= 15 is 0 Å². The Hall–Kier alpha value is -2.05. The Bertz CT molecular complexity index is 771. The fraction of sp³-hybridized carbons (Fsp3) is 0.300. The third-order valence-electron chi connectivity index (χ3n) is 4.71. The van der Waals surface area contributed by atoms with Gasteiger partial charge in [-0.05, 0) is 18.2 Å². The molecule has 0 atom stereocenters. The highest BCUT2D eigenvalue weighted by Crippen LogP contribution is 2.12. The Morgan fingerprint density at radius 1 is 1.19 bits per heavy atom. The Morgan fingerprint density at radius 2 is 1.88 bits per heavy atom. The van der Waals surface area contributed by atoms with E-state index in [9.17, 15) is 9.18 Å². The van der Waals surface area contributed by atoms with E-state index in [4.69, 9.17) is 0 Å². The van der Waals surface area contributed by atoms with Crippen LogP contribution in [0.25, 0.3) is 0 Å². The maximum Gasteiger partial charge on any atom is 0.243 e. The van der Waals surface area contributed by atoms with Crippen LogP contribution < -0.4 is 10.3 Å². The molecule has 136 valence electrons. The van der Waals surface area contributed by atoms with Gasteiger partial charge in [-0.25, -0.2) is 9.82 Å². The number of rotatable bonds is 5. The van der Waals surface area contributed by atoms with Crippen LogP contribution in [-0.2, 0) is 11.3 Å². The van der Waals surface area contributed by atoms with Crippen LogP contribution in [0.1, 0.15) is 24.0 Å². The first-order valence-corrected chi connectivity index (χ1v) is 9.56. The summed E-state index contributed by atoms with van der Waals surface area (Å²) in [5, 5.41) is 3.90. The maximum atomic E-state index is 13.5. The number of carbonyl (C=O) groups is 1. The molecule has 6 heteroatoms. The standard InChI is InChI=1S/C20H21BrFN3O/c21-18-7-5-15(6-8-18)14-25-11-9-16(10-12-25)20(26)24-23-13-17-3-1-2-4-19(17)22/h1-8,13,16H,9-12,14H2,(H,24,26)/p+1/b23-13-. The normalized spacial score (nSPS) is 20.2. The molecule has 2 aromatic carbocycles. The average molecular weight is 419 g/mol. The molecule has 3 rings (SSSR count). The van der Waals surface area contributed by atoms with Crippen molar-refractivity contribution in [2.45, 2.75) is 19.4 Å². The fourth-order valence-electron chi connectivity index (χ4n) is 3.19. The van der Waals surface area contributed by atoms with E-state index in [1.165, 1.54) is 22.7 Å². The minimum Gasteiger partial charge on any atom is -0.331 e. The first-order valence-electron chi connectivity index (χ1n) is 8.77. The molecule has 1 saturated heterocycles. The molecule has 1 aliphatic heterocycles. The monoisotopic (exact) mass is 418 g/mol. The maximum absolute atomic E-state index is 13.5. The first kappa shape index (κ1) is 18.7. The van der Waals surface area contributed by atoms with Gasteiger partial charge >= 0.3 is 0 Å². The number of piperidine rings is 1. The lowest BCUT2D eigenvalue weighted by atomic mass is 9.96. The van der Waals surface area contributed by atoms with Gasteiger partial charge in [-0.15, -0.1) is 0 Å². The lowest BCUT2D eigenvalue weighted by molar-refractivity contribution is -0.919. The molecule has 1 aliphatic rings. The minimum absolute atomic E-state index is 0.0264. The average Bonchev–Trinajstić information content (AvgIpc) is 2.66. The van der Waals surface area contributed by atoms with E-state index in [0.29, 0.717) is 5.56 Å². The van der Waals surface area contributed by atoms with Gasteiger partial charge in [0.25, 0.3) is 0 Å². The smallest absolute Gasteiger partial charge is 0.243 e. The van der Waals surface area contributed by atoms with Crippen molar-refractivity contribution in [3.8, 4) is 0 Å². The predicted molar refractivity (Wildman–Crippen MR) is 103 cm³/mol. The highest BCUT2D eigenvalue weighted by molar-refractivity contribution is 9.10. The zero-order valence-corrected chi connectivity index (χ0v) is 16.0. The Balaban J connectivity index is 1.44. The molecule has 0 spiro atoms. The fourth-order valence-corrected chi connectivity index (χ4v) is 3.46. The third kappa shape index (κ3) is 5.22. The van der Waals surface area contributed by atoms with Crippen molar-refractivity contribution in [1.29, 1.82) is 0 Å². The summed E-state index contributed by atoms with van der Waals surface area (Å²) in [7, 11) is 0. The highest BCUT2D eigenvalue weighted by atomic mass is 79.9. The van der Waals surface area contributed by atoms with Gasteiger partial charge in [0.05, 0.1) is 25.2 Å². The van der Waals surface area contributed by atoms with Gasteiger partial charge in [-0.2, -0.15) is 5.10 Å². The molecule has 0 aromatic heterocycles. The Labute approximate surface area is 161 Å². The zero-order chi connectivity index (χ0) is 18.4. The van der Waals surface area contributed by atoms with Crippen molar-refractivity contribution in [3.05, 3.63) is 69.9 Å². The molecule has 0 aliphatic carbocycles. The van der Waals surface area contributed by atoms with E-state index < -0.39 is 0 Å². The van der Waals surface area contributed by atoms with E-state index in [1.54, 1.807) is 18.2 Å². The number of likely N-dealkylation sites (tertiary alicyclic amines) is 1. The topological polar surface area (TPSA) is 45.9 Å². The van der Waals surface area contributed by atoms with Gasteiger partial charge in [0.2, 0.25) is 5.91 Å². The molecule has 4 nitrogen and oxygen atoms in total. The second-order valence-corrected chi connectivity index (χ2v) is 7.50. The summed E-state index contributed by atoms with van der Waals surface area (Å²) in [5.41, 5.74) is 4.22. The molecule has 0 radical (unpaired) electrons. The molecule has 1 amide bonds. The van der Waals surface area contributed by atoms with Gasteiger partial charge in [0, 0.05) is 28.4 Å². The van der Waals surface area contributed by atoms with Crippen molar-refractivity contribution in [2.24, 2.45) is 11.0 Å². The molecular weight excluding hydrogens is 397 g/mol. The number of nitrogens with one attached hydrogen (secondary N) is 2. The summed E-state index contributed by atoms with van der Waals surface area (Å²) in [6.45, 7) is 2.91. The Kier molecular flexibility index (Phi) is 6.52. The lowest BCUT2D eigenvalue weighted by Gasteiger charge is -2.28. The summed E-state index contributed by atoms with van der Waals surface area (Å²) in [5.74, 6) is -0.461. The summed E-state index contributed by atoms with van der Waals surface area (Å²) in [6, 6.07) is 14.7. The molecule has 0 bridgehead atoms. The van der Waals surface area contributed by atoms with Crippen molar-refractivity contribution in [2.75, 3.05) is 13.1 Å². The number of benzene rings is 2. The summed E-state index contributed by atoms with van der Waals surface area (Å²) < 4.78 is 14.6. The Morgan fingerprint density at radius 3 is 2.58 bits per heavy atom. The molecule has 2 aromatic rings. The highest BCUT2D eigenvalue weighted by Gasteiger charge is 2.27. The predicted octanol–water partition coefficient (Wildman–Crippen LogP) is 2.53. The third-order valence-corrected chi connectivity index (χ3v) is 5.24. The SMILES string of the molecule is O=C(N/N=C\c1ccccc1F)C1CC[NH+](Cc2ccc(Br)cc2)CC1. The van der Waals surface area contributed by atoms with Crippen LogP contribution in [0.15, 0.2) is 58.1 Å². The first-order chi connectivity index (χ1) is 12.6. The van der Waals surface area contributed by atoms with Crippen LogP contribution in [0.3, 0.4) is 0 Å². The zero-order valence-electron chi connectivity index (χ0n) is 14.4. The van der Waals surface area contributed by atoms with Crippen molar-refractivity contribution in [3.63, 3.8) is 0 Å². The molecule has 0 saturated carbocycles. The summed E-state index contributed by atoms with van der Waals surface area (Å²) in [6.07, 6.45) is 3.03. The van der Waals surface area contributed by atoms with Crippen LogP contribution in [0.5, 0.6) is 0 Å².